The minimum atomic E-state index is 0.864. The first kappa shape index (κ1) is 10.9. The fourth-order valence-electron chi connectivity index (χ4n) is 1.34. The molecule has 0 saturated heterocycles. The summed E-state index contributed by atoms with van der Waals surface area (Å²) in [7, 11) is 1.93. The Kier molecular flexibility index (Phi) is 3.56. The standard InChI is InChI=1S/C10H12BrN3S/c1-14-6-8(4-13-14)3-12-5-10-2-9(11)7-15-10/h2,4,6-7,12H,3,5H2,1H3. The molecule has 2 aromatic rings. The Morgan fingerprint density at radius 2 is 2.40 bits per heavy atom. The van der Waals surface area contributed by atoms with E-state index in [0.29, 0.717) is 0 Å². The van der Waals surface area contributed by atoms with Crippen LogP contribution in [0, 0.1) is 0 Å². The molecule has 80 valence electrons. The van der Waals surface area contributed by atoms with Gasteiger partial charge in [0.15, 0.2) is 0 Å². The number of hydrogen-bond acceptors (Lipinski definition) is 3. The van der Waals surface area contributed by atoms with Crippen molar-refractivity contribution < 1.29 is 0 Å². The normalized spacial score (nSPS) is 10.8. The van der Waals surface area contributed by atoms with Gasteiger partial charge in [-0.15, -0.1) is 11.3 Å². The molecule has 0 bridgehead atoms. The monoisotopic (exact) mass is 285 g/mol. The predicted octanol–water partition coefficient (Wildman–Crippen LogP) is 2.53. The Balaban J connectivity index is 1.80. The molecule has 15 heavy (non-hydrogen) atoms. The first-order valence-electron chi connectivity index (χ1n) is 4.65. The summed E-state index contributed by atoms with van der Waals surface area (Å²) in [6.07, 6.45) is 3.91. The molecule has 2 heterocycles. The van der Waals surface area contributed by atoms with Gasteiger partial charge in [0.2, 0.25) is 0 Å². The van der Waals surface area contributed by atoms with Crippen LogP contribution in [0.15, 0.2) is 28.3 Å². The summed E-state index contributed by atoms with van der Waals surface area (Å²) in [6, 6.07) is 2.14. The largest absolute Gasteiger partial charge is 0.308 e. The van der Waals surface area contributed by atoms with Crippen molar-refractivity contribution >= 4 is 27.3 Å². The highest BCUT2D eigenvalue weighted by molar-refractivity contribution is 9.10. The molecule has 0 aliphatic heterocycles. The lowest BCUT2D eigenvalue weighted by Gasteiger charge is -1.99. The molecule has 0 saturated carbocycles. The first-order chi connectivity index (χ1) is 7.24. The van der Waals surface area contributed by atoms with Crippen molar-refractivity contribution in [2.24, 2.45) is 7.05 Å². The lowest BCUT2D eigenvalue weighted by Crippen LogP contribution is -2.11. The number of rotatable bonds is 4. The average Bonchev–Trinajstić information content (AvgIpc) is 2.76. The van der Waals surface area contributed by atoms with Crippen molar-refractivity contribution in [1.29, 1.82) is 0 Å². The SMILES string of the molecule is Cn1cc(CNCc2cc(Br)cs2)cn1. The van der Waals surface area contributed by atoms with Crippen molar-refractivity contribution in [2.45, 2.75) is 13.1 Å². The van der Waals surface area contributed by atoms with Crippen LogP contribution in [0.5, 0.6) is 0 Å². The van der Waals surface area contributed by atoms with E-state index in [0.717, 1.165) is 17.6 Å². The van der Waals surface area contributed by atoms with Gasteiger partial charge in [0.1, 0.15) is 0 Å². The van der Waals surface area contributed by atoms with Crippen molar-refractivity contribution in [3.8, 4) is 0 Å². The van der Waals surface area contributed by atoms with Crippen molar-refractivity contribution in [3.63, 3.8) is 0 Å². The second kappa shape index (κ2) is 4.92. The Morgan fingerprint density at radius 3 is 3.00 bits per heavy atom. The highest BCUT2D eigenvalue weighted by Crippen LogP contribution is 2.19. The number of nitrogens with zero attached hydrogens (tertiary/aromatic N) is 2. The fraction of sp³-hybridized carbons (Fsp3) is 0.300. The topological polar surface area (TPSA) is 29.9 Å². The van der Waals surface area contributed by atoms with Crippen LogP contribution < -0.4 is 5.32 Å². The lowest BCUT2D eigenvalue weighted by atomic mass is 10.3. The third-order valence-electron chi connectivity index (χ3n) is 2.01. The van der Waals surface area contributed by atoms with E-state index in [1.54, 1.807) is 11.3 Å². The van der Waals surface area contributed by atoms with Gasteiger partial charge in [0.25, 0.3) is 0 Å². The van der Waals surface area contributed by atoms with Gasteiger partial charge in [0.05, 0.1) is 6.20 Å². The van der Waals surface area contributed by atoms with E-state index < -0.39 is 0 Å². The second-order valence-corrected chi connectivity index (χ2v) is 5.27. The molecule has 0 amide bonds. The molecule has 0 aromatic carbocycles. The molecular formula is C10H12BrN3S. The smallest absolute Gasteiger partial charge is 0.0534 e. The summed E-state index contributed by atoms with van der Waals surface area (Å²) < 4.78 is 2.98. The molecule has 1 N–H and O–H groups in total. The van der Waals surface area contributed by atoms with Crippen LogP contribution in [0.3, 0.4) is 0 Å². The Hall–Kier alpha value is -0.650. The van der Waals surface area contributed by atoms with Crippen LogP contribution in [-0.2, 0) is 20.1 Å². The van der Waals surface area contributed by atoms with E-state index >= 15 is 0 Å². The highest BCUT2D eigenvalue weighted by atomic mass is 79.9. The molecule has 2 aromatic heterocycles. The maximum Gasteiger partial charge on any atom is 0.0534 e. The zero-order valence-electron chi connectivity index (χ0n) is 8.40. The first-order valence-corrected chi connectivity index (χ1v) is 6.32. The Labute approximate surface area is 101 Å². The molecular weight excluding hydrogens is 274 g/mol. The van der Waals surface area contributed by atoms with Crippen LogP contribution in [0.25, 0.3) is 0 Å². The third-order valence-corrected chi connectivity index (χ3v) is 3.71. The lowest BCUT2D eigenvalue weighted by molar-refractivity contribution is 0.699. The molecule has 0 unspecified atom stereocenters. The summed E-state index contributed by atoms with van der Waals surface area (Å²) in [5.41, 5.74) is 1.22. The molecule has 0 atom stereocenters. The molecule has 0 radical (unpaired) electrons. The minimum Gasteiger partial charge on any atom is -0.308 e. The number of aromatic nitrogens is 2. The van der Waals surface area contributed by atoms with E-state index in [1.807, 2.05) is 24.1 Å². The van der Waals surface area contributed by atoms with Crippen LogP contribution in [0.4, 0.5) is 0 Å². The van der Waals surface area contributed by atoms with Gasteiger partial charge < -0.3 is 5.32 Å². The quantitative estimate of drug-likeness (QED) is 0.936. The van der Waals surface area contributed by atoms with Gasteiger partial charge in [0, 0.05) is 46.6 Å². The second-order valence-electron chi connectivity index (χ2n) is 3.36. The van der Waals surface area contributed by atoms with Crippen molar-refractivity contribution in [1.82, 2.24) is 15.1 Å². The zero-order chi connectivity index (χ0) is 10.7. The molecule has 0 fully saturated rings. The molecule has 3 nitrogen and oxygen atoms in total. The maximum atomic E-state index is 4.12. The average molecular weight is 286 g/mol. The molecule has 0 aliphatic rings. The van der Waals surface area contributed by atoms with Gasteiger partial charge in [-0.25, -0.2) is 0 Å². The van der Waals surface area contributed by atoms with E-state index in [-0.39, 0.29) is 0 Å². The number of hydrogen-bond donors (Lipinski definition) is 1. The Morgan fingerprint density at radius 1 is 1.53 bits per heavy atom. The zero-order valence-corrected chi connectivity index (χ0v) is 10.8. The molecule has 2 rings (SSSR count). The fourth-order valence-corrected chi connectivity index (χ4v) is 2.76. The summed E-state index contributed by atoms with van der Waals surface area (Å²) in [5.74, 6) is 0. The summed E-state index contributed by atoms with van der Waals surface area (Å²) in [6.45, 7) is 1.77. The molecule has 5 heteroatoms. The summed E-state index contributed by atoms with van der Waals surface area (Å²) in [4.78, 5) is 1.34. The van der Waals surface area contributed by atoms with E-state index in [2.05, 4.69) is 37.8 Å². The number of halogens is 1. The van der Waals surface area contributed by atoms with Gasteiger partial charge in [-0.2, -0.15) is 5.10 Å². The molecule has 0 aliphatic carbocycles. The van der Waals surface area contributed by atoms with Crippen LogP contribution >= 0.6 is 27.3 Å². The maximum absolute atomic E-state index is 4.12. The third kappa shape index (κ3) is 3.15. The molecule has 0 spiro atoms. The number of thiophene rings is 1. The van der Waals surface area contributed by atoms with E-state index in [1.165, 1.54) is 10.4 Å². The van der Waals surface area contributed by atoms with Crippen LogP contribution in [-0.4, -0.2) is 9.78 Å². The van der Waals surface area contributed by atoms with Gasteiger partial charge in [-0.05, 0) is 22.0 Å². The minimum absolute atomic E-state index is 0.864. The number of nitrogens with one attached hydrogen (secondary N) is 1. The Bertz CT molecular complexity index is 395. The summed E-state index contributed by atoms with van der Waals surface area (Å²) >= 11 is 5.20. The number of aryl methyl sites for hydroxylation is 1. The van der Waals surface area contributed by atoms with Crippen molar-refractivity contribution in [2.75, 3.05) is 0 Å². The van der Waals surface area contributed by atoms with Crippen LogP contribution in [0.2, 0.25) is 0 Å². The predicted molar refractivity (Wildman–Crippen MR) is 65.8 cm³/mol. The van der Waals surface area contributed by atoms with Gasteiger partial charge in [-0.3, -0.25) is 4.68 Å². The van der Waals surface area contributed by atoms with E-state index in [9.17, 15) is 0 Å². The van der Waals surface area contributed by atoms with Gasteiger partial charge >= 0.3 is 0 Å². The van der Waals surface area contributed by atoms with Gasteiger partial charge in [-0.1, -0.05) is 0 Å². The highest BCUT2D eigenvalue weighted by Gasteiger charge is 1.98. The van der Waals surface area contributed by atoms with E-state index in [4.69, 9.17) is 0 Å². The summed E-state index contributed by atoms with van der Waals surface area (Å²) in [5, 5.41) is 9.60. The van der Waals surface area contributed by atoms with Crippen molar-refractivity contribution in [3.05, 3.63) is 38.8 Å². The van der Waals surface area contributed by atoms with Crippen LogP contribution in [0.1, 0.15) is 10.4 Å².